The largest absolute Gasteiger partial charge is 0.463 e. The topological polar surface area (TPSA) is 73.9 Å². The molecule has 0 aliphatic carbocycles. The van der Waals surface area contributed by atoms with Gasteiger partial charge in [-0.05, 0) is 56.2 Å². The molecule has 7 nitrogen and oxygen atoms in total. The first-order valence-corrected chi connectivity index (χ1v) is 11.6. The second-order valence-corrected chi connectivity index (χ2v) is 8.81. The molecule has 1 fully saturated rings. The maximum absolute atomic E-state index is 13.5. The Hall–Kier alpha value is -3.39. The van der Waals surface area contributed by atoms with E-state index in [0.29, 0.717) is 23.4 Å². The molecule has 4 rings (SSSR count). The number of nitrogens with zero attached hydrogens (tertiary/aromatic N) is 2. The Bertz CT molecular complexity index is 1090. The van der Waals surface area contributed by atoms with Crippen LogP contribution in [0.1, 0.15) is 31.0 Å². The van der Waals surface area contributed by atoms with Gasteiger partial charge in [-0.1, -0.05) is 24.3 Å². The first-order chi connectivity index (χ1) is 16.4. The van der Waals surface area contributed by atoms with Crippen LogP contribution < -0.4 is 15.5 Å². The van der Waals surface area contributed by atoms with Crippen LogP contribution in [0.25, 0.3) is 0 Å². The smallest absolute Gasteiger partial charge is 0.338 e. The Morgan fingerprint density at radius 2 is 1.94 bits per heavy atom. The van der Waals surface area contributed by atoms with Crippen molar-refractivity contribution in [1.82, 2.24) is 15.5 Å². The van der Waals surface area contributed by atoms with E-state index < -0.39 is 18.0 Å². The van der Waals surface area contributed by atoms with Gasteiger partial charge < -0.3 is 20.3 Å². The Morgan fingerprint density at radius 1 is 1.18 bits per heavy atom. The van der Waals surface area contributed by atoms with E-state index in [2.05, 4.69) is 58.5 Å². The van der Waals surface area contributed by atoms with Gasteiger partial charge in [0, 0.05) is 43.6 Å². The first kappa shape index (κ1) is 23.8. The number of aryl methyl sites for hydroxylation is 1. The highest BCUT2D eigenvalue weighted by Gasteiger charge is 2.35. The molecule has 2 heterocycles. The molecule has 8 heteroatoms. The molecule has 2 aliphatic heterocycles. The number of halogens is 1. The lowest BCUT2D eigenvalue weighted by atomic mass is 9.94. The lowest BCUT2D eigenvalue weighted by Crippen LogP contribution is -2.54. The Labute approximate surface area is 199 Å². The minimum Gasteiger partial charge on any atom is -0.463 e. The number of urea groups is 1. The van der Waals surface area contributed by atoms with Gasteiger partial charge in [0.25, 0.3) is 0 Å². The zero-order valence-electron chi connectivity index (χ0n) is 19.8. The van der Waals surface area contributed by atoms with Gasteiger partial charge in [-0.2, -0.15) is 0 Å². The maximum atomic E-state index is 13.5. The van der Waals surface area contributed by atoms with Gasteiger partial charge >= 0.3 is 12.0 Å². The van der Waals surface area contributed by atoms with Crippen LogP contribution >= 0.6 is 0 Å². The molecular formula is C26H31FN4O3. The van der Waals surface area contributed by atoms with Gasteiger partial charge in [-0.25, -0.2) is 14.0 Å². The predicted octanol–water partition coefficient (Wildman–Crippen LogP) is 3.52. The van der Waals surface area contributed by atoms with E-state index in [-0.39, 0.29) is 18.5 Å². The van der Waals surface area contributed by atoms with Gasteiger partial charge in [-0.3, -0.25) is 4.90 Å². The van der Waals surface area contributed by atoms with Crippen LogP contribution in [0.4, 0.5) is 14.9 Å². The number of hydrogen-bond donors (Lipinski definition) is 2. The van der Waals surface area contributed by atoms with Crippen molar-refractivity contribution in [2.75, 3.05) is 37.7 Å². The highest BCUT2D eigenvalue weighted by Crippen LogP contribution is 2.29. The quantitative estimate of drug-likeness (QED) is 0.638. The van der Waals surface area contributed by atoms with E-state index in [4.69, 9.17) is 4.74 Å². The summed E-state index contributed by atoms with van der Waals surface area (Å²) in [4.78, 5) is 30.1. The van der Waals surface area contributed by atoms with Crippen molar-refractivity contribution in [2.24, 2.45) is 0 Å². The number of nitrogens with one attached hydrogen (secondary N) is 2. The average molecular weight is 467 g/mol. The van der Waals surface area contributed by atoms with E-state index in [9.17, 15) is 14.0 Å². The second-order valence-electron chi connectivity index (χ2n) is 8.81. The minimum absolute atomic E-state index is 0.214. The van der Waals surface area contributed by atoms with Crippen LogP contribution in [0.2, 0.25) is 0 Å². The summed E-state index contributed by atoms with van der Waals surface area (Å²) >= 11 is 0. The molecule has 2 aromatic rings. The summed E-state index contributed by atoms with van der Waals surface area (Å²) in [6, 6.07) is 13.4. The van der Waals surface area contributed by atoms with Gasteiger partial charge in [-0.15, -0.1) is 0 Å². The lowest BCUT2D eigenvalue weighted by molar-refractivity contribution is -0.139. The molecule has 1 saturated heterocycles. The zero-order chi connectivity index (χ0) is 24.2. The van der Waals surface area contributed by atoms with E-state index in [1.807, 2.05) is 0 Å². The van der Waals surface area contributed by atoms with Gasteiger partial charge in [0.2, 0.25) is 0 Å². The number of rotatable bonds is 6. The Balaban J connectivity index is 1.58. The highest BCUT2D eigenvalue weighted by atomic mass is 19.1. The van der Waals surface area contributed by atoms with Crippen molar-refractivity contribution in [1.29, 1.82) is 0 Å². The van der Waals surface area contributed by atoms with E-state index in [1.54, 1.807) is 19.1 Å². The average Bonchev–Trinajstić information content (AvgIpc) is 2.79. The van der Waals surface area contributed by atoms with Crippen LogP contribution in [0.15, 0.2) is 59.8 Å². The fraction of sp³-hybridized carbons (Fsp3) is 0.385. The molecule has 2 aromatic carbocycles. The monoisotopic (exact) mass is 466 g/mol. The zero-order valence-corrected chi connectivity index (χ0v) is 19.8. The van der Waals surface area contributed by atoms with E-state index >= 15 is 0 Å². The Morgan fingerprint density at radius 3 is 2.62 bits per heavy atom. The summed E-state index contributed by atoms with van der Waals surface area (Å²) in [6.45, 7) is 9.02. The first-order valence-electron chi connectivity index (χ1n) is 11.6. The van der Waals surface area contributed by atoms with Crippen LogP contribution in [-0.2, 0) is 9.53 Å². The lowest BCUT2D eigenvalue weighted by Gasteiger charge is -2.42. The summed E-state index contributed by atoms with van der Waals surface area (Å²) in [5.74, 6) is -0.878. The molecule has 34 heavy (non-hydrogen) atoms. The van der Waals surface area contributed by atoms with Crippen molar-refractivity contribution in [2.45, 2.75) is 32.9 Å². The fourth-order valence-electron chi connectivity index (χ4n) is 4.69. The molecule has 0 unspecified atom stereocenters. The number of anilines is 1. The standard InChI is InChI=1S/C26H31FN4O3/c1-4-34-25(32)23-22(28-26(33)29-24(23)19-8-10-20(27)11-9-19)16-30-12-13-31(18(3)15-30)21-7-5-6-17(2)14-21/h5-11,14,18,24H,4,12-13,15-16H2,1-3H3,(H2,28,29,33)/t18-,24-/m1/s1. The number of ether oxygens (including phenoxy) is 1. The SMILES string of the molecule is CCOC(=O)C1=C(CN2CCN(c3cccc(C)c3)[C@H](C)C2)NC(=O)N[C@@H]1c1ccc(F)cc1. The van der Waals surface area contributed by atoms with Gasteiger partial charge in [0.05, 0.1) is 18.2 Å². The minimum atomic E-state index is -0.714. The number of hydrogen-bond acceptors (Lipinski definition) is 5. The van der Waals surface area contributed by atoms with Crippen LogP contribution in [0, 0.1) is 12.7 Å². The third kappa shape index (κ3) is 5.22. The van der Waals surface area contributed by atoms with Crippen LogP contribution in [0.3, 0.4) is 0 Å². The molecule has 0 bridgehead atoms. The van der Waals surface area contributed by atoms with Crippen molar-refractivity contribution in [3.63, 3.8) is 0 Å². The predicted molar refractivity (Wildman–Crippen MR) is 129 cm³/mol. The van der Waals surface area contributed by atoms with E-state index in [1.165, 1.54) is 23.4 Å². The number of amides is 2. The van der Waals surface area contributed by atoms with Crippen molar-refractivity contribution in [3.8, 4) is 0 Å². The van der Waals surface area contributed by atoms with Crippen molar-refractivity contribution in [3.05, 3.63) is 76.7 Å². The molecule has 180 valence electrons. The summed E-state index contributed by atoms with van der Waals surface area (Å²) < 4.78 is 18.8. The molecule has 0 aromatic heterocycles. The molecule has 0 spiro atoms. The summed E-state index contributed by atoms with van der Waals surface area (Å²) in [6.07, 6.45) is 0. The Kier molecular flexibility index (Phi) is 7.17. The number of benzene rings is 2. The normalized spacial score (nSPS) is 21.2. The van der Waals surface area contributed by atoms with E-state index in [0.717, 1.165) is 19.6 Å². The third-order valence-corrected chi connectivity index (χ3v) is 6.28. The summed E-state index contributed by atoms with van der Waals surface area (Å²) in [7, 11) is 0. The third-order valence-electron chi connectivity index (χ3n) is 6.28. The van der Waals surface area contributed by atoms with Gasteiger partial charge in [0.1, 0.15) is 5.82 Å². The molecule has 0 saturated carbocycles. The highest BCUT2D eigenvalue weighted by molar-refractivity contribution is 5.95. The second kappa shape index (κ2) is 10.3. The number of piperazine rings is 1. The van der Waals surface area contributed by atoms with Crippen molar-refractivity contribution < 1.29 is 18.7 Å². The number of carbonyl (C=O) groups excluding carboxylic acids is 2. The van der Waals surface area contributed by atoms with Crippen LogP contribution in [-0.4, -0.2) is 55.7 Å². The number of carbonyl (C=O) groups is 2. The molecule has 2 N–H and O–H groups in total. The van der Waals surface area contributed by atoms with Crippen molar-refractivity contribution >= 4 is 17.7 Å². The molecule has 2 aliphatic rings. The summed E-state index contributed by atoms with van der Waals surface area (Å²) in [5, 5.41) is 5.62. The van der Waals surface area contributed by atoms with Gasteiger partial charge in [0.15, 0.2) is 0 Å². The molecule has 2 amide bonds. The maximum Gasteiger partial charge on any atom is 0.338 e. The molecule has 2 atom stereocenters. The molecular weight excluding hydrogens is 435 g/mol. The molecule has 0 radical (unpaired) electrons. The van der Waals surface area contributed by atoms with Crippen LogP contribution in [0.5, 0.6) is 0 Å². The summed E-state index contributed by atoms with van der Waals surface area (Å²) in [5.41, 5.74) is 3.91. The number of esters is 1. The fourth-order valence-corrected chi connectivity index (χ4v) is 4.69.